The number of benzene rings is 3. The maximum absolute atomic E-state index is 12.8. The van der Waals surface area contributed by atoms with Crippen LogP contribution in [-0.2, 0) is 11.3 Å². The molecule has 0 fully saturated rings. The molecule has 0 aliphatic heterocycles. The minimum absolute atomic E-state index is 0.110. The molecule has 0 saturated heterocycles. The summed E-state index contributed by atoms with van der Waals surface area (Å²) in [6.45, 7) is -0.110. The van der Waals surface area contributed by atoms with Crippen LogP contribution in [0.3, 0.4) is 0 Å². The van der Waals surface area contributed by atoms with Crippen molar-refractivity contribution in [1.29, 1.82) is 0 Å². The number of amides is 1. The summed E-state index contributed by atoms with van der Waals surface area (Å²) in [6, 6.07) is 24.7. The second-order valence-electron chi connectivity index (χ2n) is 6.68. The van der Waals surface area contributed by atoms with Crippen molar-refractivity contribution >= 4 is 33.9 Å². The first-order valence-corrected chi connectivity index (χ1v) is 9.21. The number of hydrogen-bond donors (Lipinski definition) is 2. The van der Waals surface area contributed by atoms with Gasteiger partial charge in [0.15, 0.2) is 0 Å². The first-order valence-electron chi connectivity index (χ1n) is 9.21. The highest BCUT2D eigenvalue weighted by molar-refractivity contribution is 5.93. The lowest BCUT2D eigenvalue weighted by atomic mass is 10.3. The van der Waals surface area contributed by atoms with Crippen LogP contribution in [0.5, 0.6) is 0 Å². The van der Waals surface area contributed by atoms with Crippen LogP contribution in [0, 0.1) is 0 Å². The van der Waals surface area contributed by atoms with Crippen molar-refractivity contribution in [2.75, 3.05) is 5.32 Å². The molecule has 5 aromatic rings. The van der Waals surface area contributed by atoms with Gasteiger partial charge in [-0.2, -0.15) is 0 Å². The molecule has 0 aliphatic carbocycles. The highest BCUT2D eigenvalue weighted by Gasteiger charge is 2.16. The summed E-state index contributed by atoms with van der Waals surface area (Å²) in [5.74, 6) is 0.0830. The van der Waals surface area contributed by atoms with Crippen LogP contribution in [0.15, 0.2) is 83.7 Å². The van der Waals surface area contributed by atoms with E-state index >= 15 is 0 Å². The van der Waals surface area contributed by atoms with Gasteiger partial charge < -0.3 is 4.98 Å². The number of imidazole rings is 2. The fourth-order valence-electron chi connectivity index (χ4n) is 3.52. The van der Waals surface area contributed by atoms with Crippen LogP contribution in [0.4, 0.5) is 5.95 Å². The number of nitrogens with zero attached hydrogens (tertiary/aromatic N) is 3. The zero-order valence-corrected chi connectivity index (χ0v) is 15.4. The lowest BCUT2D eigenvalue weighted by molar-refractivity contribution is -0.116. The molecule has 0 atom stereocenters. The van der Waals surface area contributed by atoms with Crippen molar-refractivity contribution in [3.8, 4) is 5.69 Å². The molecule has 2 aromatic heterocycles. The van der Waals surface area contributed by atoms with Crippen LogP contribution >= 0.6 is 0 Å². The monoisotopic (exact) mass is 383 g/mol. The molecule has 1 amide bonds. The number of anilines is 1. The number of aromatic amines is 1. The van der Waals surface area contributed by atoms with Gasteiger partial charge >= 0.3 is 5.69 Å². The van der Waals surface area contributed by atoms with Gasteiger partial charge in [-0.25, -0.2) is 9.78 Å². The fraction of sp³-hybridized carbons (Fsp3) is 0.0455. The second-order valence-corrected chi connectivity index (χ2v) is 6.68. The van der Waals surface area contributed by atoms with E-state index < -0.39 is 0 Å². The Morgan fingerprint density at radius 2 is 1.59 bits per heavy atom. The van der Waals surface area contributed by atoms with E-state index in [-0.39, 0.29) is 18.1 Å². The quantitative estimate of drug-likeness (QED) is 0.499. The van der Waals surface area contributed by atoms with E-state index in [1.807, 2.05) is 71.3 Å². The molecule has 0 saturated carbocycles. The lowest BCUT2D eigenvalue weighted by Gasteiger charge is -2.10. The lowest BCUT2D eigenvalue weighted by Crippen LogP contribution is -2.26. The van der Waals surface area contributed by atoms with Crippen molar-refractivity contribution in [2.24, 2.45) is 0 Å². The average molecular weight is 383 g/mol. The molecular weight excluding hydrogens is 366 g/mol. The molecule has 29 heavy (non-hydrogen) atoms. The van der Waals surface area contributed by atoms with Crippen molar-refractivity contribution in [3.63, 3.8) is 0 Å². The molecule has 0 spiro atoms. The van der Waals surface area contributed by atoms with Gasteiger partial charge in [0.2, 0.25) is 11.9 Å². The Balaban J connectivity index is 1.53. The van der Waals surface area contributed by atoms with Crippen molar-refractivity contribution < 1.29 is 4.79 Å². The Morgan fingerprint density at radius 1 is 0.897 bits per heavy atom. The van der Waals surface area contributed by atoms with Gasteiger partial charge in [-0.05, 0) is 36.4 Å². The van der Waals surface area contributed by atoms with Gasteiger partial charge in [0.25, 0.3) is 0 Å². The van der Waals surface area contributed by atoms with E-state index in [2.05, 4.69) is 15.3 Å². The van der Waals surface area contributed by atoms with Crippen molar-refractivity contribution in [1.82, 2.24) is 19.1 Å². The third-order valence-electron chi connectivity index (χ3n) is 4.81. The smallest absolute Gasteiger partial charge is 0.306 e. The summed E-state index contributed by atoms with van der Waals surface area (Å²) in [7, 11) is 0. The van der Waals surface area contributed by atoms with Gasteiger partial charge in [0.05, 0.1) is 22.1 Å². The largest absolute Gasteiger partial charge is 0.326 e. The van der Waals surface area contributed by atoms with Crippen LogP contribution in [-0.4, -0.2) is 25.0 Å². The van der Waals surface area contributed by atoms with E-state index in [1.54, 1.807) is 12.1 Å². The number of carbonyl (C=O) groups excluding carboxylic acids is 1. The van der Waals surface area contributed by atoms with E-state index in [1.165, 1.54) is 4.57 Å². The second kappa shape index (κ2) is 6.79. The summed E-state index contributed by atoms with van der Waals surface area (Å²) in [4.78, 5) is 32.4. The normalized spacial score (nSPS) is 11.2. The van der Waals surface area contributed by atoms with E-state index in [4.69, 9.17) is 0 Å². The third kappa shape index (κ3) is 2.98. The maximum Gasteiger partial charge on any atom is 0.326 e. The molecule has 0 radical (unpaired) electrons. The first kappa shape index (κ1) is 17.0. The van der Waals surface area contributed by atoms with Gasteiger partial charge in [-0.15, -0.1) is 0 Å². The minimum Gasteiger partial charge on any atom is -0.306 e. The summed E-state index contributed by atoms with van der Waals surface area (Å²) in [6.07, 6.45) is 0. The Morgan fingerprint density at radius 3 is 2.41 bits per heavy atom. The van der Waals surface area contributed by atoms with Gasteiger partial charge in [-0.1, -0.05) is 42.5 Å². The van der Waals surface area contributed by atoms with E-state index in [9.17, 15) is 9.59 Å². The predicted octanol–water partition coefficient (Wildman–Crippen LogP) is 3.31. The number of aromatic nitrogens is 4. The molecular formula is C22H17N5O2. The molecule has 0 unspecified atom stereocenters. The molecule has 7 nitrogen and oxygen atoms in total. The van der Waals surface area contributed by atoms with Gasteiger partial charge in [0.1, 0.15) is 6.54 Å². The van der Waals surface area contributed by atoms with Gasteiger partial charge in [0, 0.05) is 5.69 Å². The van der Waals surface area contributed by atoms with Crippen LogP contribution < -0.4 is 11.0 Å². The van der Waals surface area contributed by atoms with E-state index in [0.29, 0.717) is 17.0 Å². The van der Waals surface area contributed by atoms with Crippen LogP contribution in [0.25, 0.3) is 27.8 Å². The van der Waals surface area contributed by atoms with E-state index in [0.717, 1.165) is 16.7 Å². The maximum atomic E-state index is 12.8. The number of carbonyl (C=O) groups is 1. The fourth-order valence-corrected chi connectivity index (χ4v) is 3.52. The number of rotatable bonds is 4. The third-order valence-corrected chi connectivity index (χ3v) is 4.81. The molecule has 2 N–H and O–H groups in total. The zero-order valence-electron chi connectivity index (χ0n) is 15.4. The molecule has 7 heteroatoms. The number of nitrogens with one attached hydrogen (secondary N) is 2. The standard InChI is InChI=1S/C22H17N5O2/c28-20(14-26-18-12-6-4-10-16(18)24-22(26)29)25-21-23-17-11-5-7-13-19(17)27(21)15-8-2-1-3-9-15/h1-13H,14H2,(H,24,29)(H,23,25,28). The molecule has 0 bridgehead atoms. The Labute approximate surface area is 165 Å². The van der Waals surface area contributed by atoms with Crippen LogP contribution in [0.2, 0.25) is 0 Å². The number of para-hydroxylation sites is 5. The molecule has 3 aromatic carbocycles. The summed E-state index contributed by atoms with van der Waals surface area (Å²) < 4.78 is 3.31. The first-order chi connectivity index (χ1) is 14.2. The summed E-state index contributed by atoms with van der Waals surface area (Å²) in [5.41, 5.74) is 3.61. The SMILES string of the molecule is O=C(Cn1c(=O)[nH]c2ccccc21)Nc1nc2ccccc2n1-c1ccccc1. The molecule has 142 valence electrons. The topological polar surface area (TPSA) is 84.7 Å². The summed E-state index contributed by atoms with van der Waals surface area (Å²) in [5, 5.41) is 2.87. The van der Waals surface area contributed by atoms with Crippen molar-refractivity contribution in [2.45, 2.75) is 6.54 Å². The average Bonchev–Trinajstić information content (AvgIpc) is 3.25. The van der Waals surface area contributed by atoms with Crippen molar-refractivity contribution in [3.05, 3.63) is 89.3 Å². The number of hydrogen-bond acceptors (Lipinski definition) is 3. The molecule has 5 rings (SSSR count). The van der Waals surface area contributed by atoms with Crippen LogP contribution in [0.1, 0.15) is 0 Å². The number of H-pyrrole nitrogens is 1. The van der Waals surface area contributed by atoms with Gasteiger partial charge in [-0.3, -0.25) is 19.2 Å². The number of fused-ring (bicyclic) bond motifs is 2. The molecule has 0 aliphatic rings. The Hall–Kier alpha value is -4.13. The predicted molar refractivity (Wildman–Crippen MR) is 112 cm³/mol. The summed E-state index contributed by atoms with van der Waals surface area (Å²) >= 11 is 0. The highest BCUT2D eigenvalue weighted by atomic mass is 16.2. The molecule has 2 heterocycles. The highest BCUT2D eigenvalue weighted by Crippen LogP contribution is 2.24. The Bertz CT molecular complexity index is 1400. The minimum atomic E-state index is -0.329. The zero-order chi connectivity index (χ0) is 19.8. The Kier molecular flexibility index (Phi) is 3.98.